The van der Waals surface area contributed by atoms with Gasteiger partial charge in [-0.05, 0) is 36.6 Å². The van der Waals surface area contributed by atoms with Crippen molar-refractivity contribution in [1.29, 1.82) is 0 Å². The van der Waals surface area contributed by atoms with Gasteiger partial charge in [-0.3, -0.25) is 0 Å². The van der Waals surface area contributed by atoms with Crippen molar-refractivity contribution < 1.29 is 13.2 Å². The number of thioether (sulfide) groups is 1. The fourth-order valence-corrected chi connectivity index (χ4v) is 6.25. The van der Waals surface area contributed by atoms with Gasteiger partial charge in [-0.25, -0.2) is 13.4 Å². The number of hydrogen-bond donors (Lipinski definition) is 2. The van der Waals surface area contributed by atoms with Crippen molar-refractivity contribution in [2.24, 2.45) is 4.99 Å². The average Bonchev–Trinajstić information content (AvgIpc) is 3.25. The van der Waals surface area contributed by atoms with Gasteiger partial charge in [-0.2, -0.15) is 16.1 Å². The van der Waals surface area contributed by atoms with Crippen LogP contribution in [-0.2, 0) is 27.1 Å². The maximum atomic E-state index is 12.8. The molecule has 3 rings (SSSR count). The molecule has 2 heterocycles. The first-order valence-corrected chi connectivity index (χ1v) is 13.0. The second kappa shape index (κ2) is 11.2. The first-order valence-electron chi connectivity index (χ1n) is 10.3. The highest BCUT2D eigenvalue weighted by Gasteiger charge is 2.25. The molecule has 0 spiro atoms. The minimum Gasteiger partial charge on any atom is -0.379 e. The van der Waals surface area contributed by atoms with Crippen LogP contribution in [0.4, 0.5) is 0 Å². The highest BCUT2D eigenvalue weighted by Crippen LogP contribution is 2.25. The molecule has 0 aromatic heterocycles. The number of nitrogens with one attached hydrogen (secondary N) is 2. The van der Waals surface area contributed by atoms with Gasteiger partial charge in [-0.1, -0.05) is 24.3 Å². The summed E-state index contributed by atoms with van der Waals surface area (Å²) < 4.78 is 32.4. The smallest absolute Gasteiger partial charge is 0.218 e. The summed E-state index contributed by atoms with van der Waals surface area (Å²) >= 11 is 2.01. The highest BCUT2D eigenvalue weighted by atomic mass is 32.2. The number of ether oxygens (including phenoxy) is 1. The number of benzene rings is 1. The number of aliphatic imine (C=N–C) groups is 1. The van der Waals surface area contributed by atoms with E-state index in [9.17, 15) is 8.42 Å². The fourth-order valence-electron chi connectivity index (χ4n) is 3.49. The SMILES string of the molecule is CCNC(=NCc1ccccc1CS(=O)(=O)N1CCOCC1)NCC1CCCS1. The lowest BCUT2D eigenvalue weighted by Gasteiger charge is -2.26. The summed E-state index contributed by atoms with van der Waals surface area (Å²) in [4.78, 5) is 4.70. The molecule has 2 fully saturated rings. The Bertz CT molecular complexity index is 774. The summed E-state index contributed by atoms with van der Waals surface area (Å²) in [5.41, 5.74) is 1.75. The van der Waals surface area contributed by atoms with E-state index in [1.807, 2.05) is 43.0 Å². The number of morpholine rings is 1. The molecular weight excluding hydrogens is 408 g/mol. The molecule has 0 aliphatic carbocycles. The van der Waals surface area contributed by atoms with E-state index in [0.717, 1.165) is 30.2 Å². The summed E-state index contributed by atoms with van der Waals surface area (Å²) in [6.45, 7) is 5.96. The van der Waals surface area contributed by atoms with E-state index in [1.165, 1.54) is 22.9 Å². The molecule has 0 saturated carbocycles. The molecule has 1 atom stereocenters. The predicted octanol–water partition coefficient (Wildman–Crippen LogP) is 1.80. The maximum Gasteiger partial charge on any atom is 0.218 e. The highest BCUT2D eigenvalue weighted by molar-refractivity contribution is 8.00. The largest absolute Gasteiger partial charge is 0.379 e. The molecule has 29 heavy (non-hydrogen) atoms. The zero-order valence-electron chi connectivity index (χ0n) is 17.1. The molecule has 7 nitrogen and oxygen atoms in total. The van der Waals surface area contributed by atoms with Gasteiger partial charge in [-0.15, -0.1) is 0 Å². The van der Waals surface area contributed by atoms with Crippen molar-refractivity contribution in [3.63, 3.8) is 0 Å². The summed E-state index contributed by atoms with van der Waals surface area (Å²) in [5, 5.41) is 7.36. The molecule has 1 aromatic carbocycles. The first kappa shape index (κ1) is 22.4. The summed E-state index contributed by atoms with van der Waals surface area (Å²) in [6.07, 6.45) is 2.54. The predicted molar refractivity (Wildman–Crippen MR) is 120 cm³/mol. The lowest BCUT2D eigenvalue weighted by atomic mass is 10.1. The Labute approximate surface area is 178 Å². The van der Waals surface area contributed by atoms with Crippen molar-refractivity contribution in [3.05, 3.63) is 35.4 Å². The molecule has 1 unspecified atom stereocenters. The molecule has 2 N–H and O–H groups in total. The van der Waals surface area contributed by atoms with Crippen molar-refractivity contribution >= 4 is 27.7 Å². The van der Waals surface area contributed by atoms with E-state index < -0.39 is 10.0 Å². The third kappa shape index (κ3) is 6.87. The van der Waals surface area contributed by atoms with Crippen molar-refractivity contribution in [2.75, 3.05) is 45.1 Å². The monoisotopic (exact) mass is 440 g/mol. The van der Waals surface area contributed by atoms with Gasteiger partial charge in [0.2, 0.25) is 10.0 Å². The third-order valence-corrected chi connectivity index (χ3v) is 8.32. The standard InChI is InChI=1S/C20H32N4O3S2/c1-2-21-20(23-15-19-8-5-13-28-19)22-14-17-6-3-4-7-18(17)16-29(25,26)24-9-11-27-12-10-24/h3-4,6-7,19H,2,5,8-16H2,1H3,(H2,21,22,23). The van der Waals surface area contributed by atoms with E-state index in [2.05, 4.69) is 10.6 Å². The van der Waals surface area contributed by atoms with Crippen LogP contribution in [0, 0.1) is 0 Å². The molecule has 1 aromatic rings. The second-order valence-electron chi connectivity index (χ2n) is 7.25. The maximum absolute atomic E-state index is 12.8. The van der Waals surface area contributed by atoms with Gasteiger partial charge in [0.1, 0.15) is 0 Å². The lowest BCUT2D eigenvalue weighted by molar-refractivity contribution is 0.0729. The van der Waals surface area contributed by atoms with E-state index in [-0.39, 0.29) is 5.75 Å². The molecule has 2 aliphatic heterocycles. The van der Waals surface area contributed by atoms with Crippen LogP contribution in [0.3, 0.4) is 0 Å². The Balaban J connectivity index is 1.65. The Morgan fingerprint density at radius 2 is 2.00 bits per heavy atom. The molecule has 0 amide bonds. The van der Waals surface area contributed by atoms with Gasteiger partial charge in [0.05, 0.1) is 25.5 Å². The number of hydrogen-bond acceptors (Lipinski definition) is 5. The van der Waals surface area contributed by atoms with Crippen LogP contribution in [-0.4, -0.2) is 69.1 Å². The molecule has 0 radical (unpaired) electrons. The fraction of sp³-hybridized carbons (Fsp3) is 0.650. The Morgan fingerprint density at radius 3 is 2.69 bits per heavy atom. The Morgan fingerprint density at radius 1 is 1.24 bits per heavy atom. The van der Waals surface area contributed by atoms with Crippen molar-refractivity contribution in [1.82, 2.24) is 14.9 Å². The van der Waals surface area contributed by atoms with Crippen LogP contribution in [0.1, 0.15) is 30.9 Å². The van der Waals surface area contributed by atoms with Crippen LogP contribution < -0.4 is 10.6 Å². The quantitative estimate of drug-likeness (QED) is 0.474. The molecule has 2 aliphatic rings. The number of guanidine groups is 1. The zero-order valence-corrected chi connectivity index (χ0v) is 18.7. The van der Waals surface area contributed by atoms with E-state index in [4.69, 9.17) is 9.73 Å². The topological polar surface area (TPSA) is 83.0 Å². The molecular formula is C20H32N4O3S2. The van der Waals surface area contributed by atoms with Crippen LogP contribution in [0.25, 0.3) is 0 Å². The average molecular weight is 441 g/mol. The minimum atomic E-state index is -3.36. The molecule has 0 bridgehead atoms. The van der Waals surface area contributed by atoms with Gasteiger partial charge < -0.3 is 15.4 Å². The summed E-state index contributed by atoms with van der Waals surface area (Å²) in [6, 6.07) is 7.67. The number of nitrogens with zero attached hydrogens (tertiary/aromatic N) is 2. The first-order chi connectivity index (χ1) is 14.1. The second-order valence-corrected chi connectivity index (χ2v) is 10.6. The van der Waals surface area contributed by atoms with Gasteiger partial charge in [0.15, 0.2) is 5.96 Å². The van der Waals surface area contributed by atoms with E-state index >= 15 is 0 Å². The summed E-state index contributed by atoms with van der Waals surface area (Å²) in [5.74, 6) is 2.03. The van der Waals surface area contributed by atoms with Crippen LogP contribution in [0.5, 0.6) is 0 Å². The normalized spacial score (nSPS) is 21.3. The van der Waals surface area contributed by atoms with E-state index in [0.29, 0.717) is 38.1 Å². The van der Waals surface area contributed by atoms with Crippen LogP contribution >= 0.6 is 11.8 Å². The summed E-state index contributed by atoms with van der Waals surface area (Å²) in [7, 11) is -3.36. The van der Waals surface area contributed by atoms with E-state index in [1.54, 1.807) is 0 Å². The van der Waals surface area contributed by atoms with Gasteiger partial charge >= 0.3 is 0 Å². The molecule has 2 saturated heterocycles. The van der Waals surface area contributed by atoms with Crippen molar-refractivity contribution in [3.8, 4) is 0 Å². The third-order valence-electron chi connectivity index (χ3n) is 5.09. The van der Waals surface area contributed by atoms with Gasteiger partial charge in [0.25, 0.3) is 0 Å². The lowest BCUT2D eigenvalue weighted by Crippen LogP contribution is -2.41. The van der Waals surface area contributed by atoms with Crippen LogP contribution in [0.2, 0.25) is 0 Å². The molecule has 9 heteroatoms. The Kier molecular flexibility index (Phi) is 8.65. The van der Waals surface area contributed by atoms with Crippen molar-refractivity contribution in [2.45, 2.75) is 37.3 Å². The minimum absolute atomic E-state index is 0.00136. The number of rotatable bonds is 8. The van der Waals surface area contributed by atoms with Crippen LogP contribution in [0.15, 0.2) is 29.3 Å². The zero-order chi connectivity index (χ0) is 20.5. The van der Waals surface area contributed by atoms with Gasteiger partial charge in [0, 0.05) is 31.4 Å². The number of sulfonamides is 1. The Hall–Kier alpha value is -1.29. The molecule has 162 valence electrons.